The number of benzene rings is 1. The van der Waals surface area contributed by atoms with Crippen molar-refractivity contribution in [1.82, 2.24) is 4.90 Å². The van der Waals surface area contributed by atoms with Crippen LogP contribution in [0.2, 0.25) is 0 Å². The van der Waals surface area contributed by atoms with E-state index in [-0.39, 0.29) is 24.2 Å². The van der Waals surface area contributed by atoms with Gasteiger partial charge in [-0.2, -0.15) is 0 Å². The number of rotatable bonds is 6. The summed E-state index contributed by atoms with van der Waals surface area (Å²) in [5, 5.41) is 3.14. The summed E-state index contributed by atoms with van der Waals surface area (Å²) >= 11 is 0. The van der Waals surface area contributed by atoms with Crippen molar-refractivity contribution in [3.05, 3.63) is 53.5 Å². The zero-order valence-corrected chi connectivity index (χ0v) is 16.5. The van der Waals surface area contributed by atoms with Gasteiger partial charge in [-0.1, -0.05) is 45.9 Å². The van der Waals surface area contributed by atoms with Crippen LogP contribution < -0.4 is 5.32 Å². The van der Waals surface area contributed by atoms with Crippen LogP contribution in [0, 0.1) is 5.92 Å². The van der Waals surface area contributed by atoms with Gasteiger partial charge in [-0.05, 0) is 35.1 Å². The highest BCUT2D eigenvalue weighted by Gasteiger charge is 2.35. The molecule has 0 bridgehead atoms. The Morgan fingerprint density at radius 3 is 2.37 bits per heavy atom. The smallest absolute Gasteiger partial charge is 0.229 e. The van der Waals surface area contributed by atoms with Crippen molar-refractivity contribution in [3.63, 3.8) is 0 Å². The van der Waals surface area contributed by atoms with Crippen LogP contribution in [0.4, 0.5) is 5.69 Å². The third-order valence-electron chi connectivity index (χ3n) is 5.13. The fourth-order valence-corrected chi connectivity index (χ4v) is 3.61. The number of hydrogen-bond acceptors (Lipinski definition) is 3. The van der Waals surface area contributed by atoms with Crippen LogP contribution in [-0.2, 0) is 16.1 Å². The van der Waals surface area contributed by atoms with Crippen LogP contribution in [0.15, 0.2) is 41.0 Å². The number of carbonyl (C=O) groups excluding carboxylic acids is 2. The zero-order valence-electron chi connectivity index (χ0n) is 16.5. The zero-order chi connectivity index (χ0) is 19.6. The molecule has 1 unspecified atom stereocenters. The van der Waals surface area contributed by atoms with Crippen molar-refractivity contribution in [3.8, 4) is 0 Å². The Morgan fingerprint density at radius 1 is 1.15 bits per heavy atom. The van der Waals surface area contributed by atoms with Crippen LogP contribution in [0.25, 0.3) is 0 Å². The Morgan fingerprint density at radius 2 is 1.81 bits per heavy atom. The van der Waals surface area contributed by atoms with E-state index in [1.807, 2.05) is 12.1 Å². The van der Waals surface area contributed by atoms with Gasteiger partial charge in [-0.25, -0.2) is 0 Å². The minimum Gasteiger partial charge on any atom is -0.467 e. The van der Waals surface area contributed by atoms with Gasteiger partial charge in [0.1, 0.15) is 5.76 Å². The number of amides is 2. The number of carbonyl (C=O) groups is 2. The van der Waals surface area contributed by atoms with Gasteiger partial charge in [0, 0.05) is 18.7 Å². The molecule has 1 fully saturated rings. The van der Waals surface area contributed by atoms with E-state index in [4.69, 9.17) is 4.42 Å². The average molecular weight is 368 g/mol. The van der Waals surface area contributed by atoms with Gasteiger partial charge in [0.2, 0.25) is 11.8 Å². The van der Waals surface area contributed by atoms with E-state index in [1.165, 1.54) is 0 Å². The molecule has 1 aliphatic rings. The molecule has 144 valence electrons. The molecular formula is C22H28N2O3. The molecule has 1 saturated heterocycles. The molecule has 3 rings (SSSR count). The predicted molar refractivity (Wildman–Crippen MR) is 105 cm³/mol. The minimum atomic E-state index is -0.340. The Kier molecular flexibility index (Phi) is 5.68. The number of likely N-dealkylation sites (tertiary alicyclic amines) is 1. The fourth-order valence-electron chi connectivity index (χ4n) is 3.61. The lowest BCUT2D eigenvalue weighted by Crippen LogP contribution is -2.28. The third kappa shape index (κ3) is 4.24. The summed E-state index contributed by atoms with van der Waals surface area (Å²) in [6.45, 7) is 9.33. The average Bonchev–Trinajstić information content (AvgIpc) is 3.25. The van der Waals surface area contributed by atoms with Crippen molar-refractivity contribution < 1.29 is 14.0 Å². The monoisotopic (exact) mass is 368 g/mol. The lowest BCUT2D eigenvalue weighted by molar-refractivity contribution is -0.128. The van der Waals surface area contributed by atoms with E-state index in [0.29, 0.717) is 24.9 Å². The first-order chi connectivity index (χ1) is 12.9. The highest BCUT2D eigenvalue weighted by Crippen LogP contribution is 2.33. The first-order valence-corrected chi connectivity index (χ1v) is 9.60. The van der Waals surface area contributed by atoms with Crippen LogP contribution in [0.1, 0.15) is 62.8 Å². The van der Waals surface area contributed by atoms with Crippen molar-refractivity contribution in [2.75, 3.05) is 11.9 Å². The molecule has 2 aromatic rings. The summed E-state index contributed by atoms with van der Waals surface area (Å²) in [5.41, 5.74) is 3.17. The number of nitrogens with one attached hydrogen (secondary N) is 1. The van der Waals surface area contributed by atoms with Gasteiger partial charge in [0.25, 0.3) is 0 Å². The second-order valence-electron chi connectivity index (χ2n) is 7.86. The number of para-hydroxylation sites is 1. The van der Waals surface area contributed by atoms with Gasteiger partial charge in [0.05, 0.1) is 18.7 Å². The maximum Gasteiger partial charge on any atom is 0.229 e. The van der Waals surface area contributed by atoms with Crippen LogP contribution in [-0.4, -0.2) is 23.3 Å². The molecule has 1 aromatic carbocycles. The molecule has 2 amide bonds. The van der Waals surface area contributed by atoms with E-state index in [2.05, 4.69) is 45.1 Å². The molecule has 1 aliphatic heterocycles. The summed E-state index contributed by atoms with van der Waals surface area (Å²) in [4.78, 5) is 27.0. The minimum absolute atomic E-state index is 0.00669. The predicted octanol–water partition coefficient (Wildman–Crippen LogP) is 4.51. The Labute approximate surface area is 160 Å². The molecule has 5 nitrogen and oxygen atoms in total. The number of hydrogen-bond donors (Lipinski definition) is 1. The first kappa shape index (κ1) is 19.2. The standard InChI is InChI=1S/C22H28N2O3/c1-14(2)18-8-5-9-19(15(3)4)21(18)23-22(26)16-11-20(25)24(12-16)13-17-7-6-10-27-17/h5-10,14-16H,11-13H2,1-4H3,(H,23,26). The van der Waals surface area contributed by atoms with E-state index < -0.39 is 0 Å². The summed E-state index contributed by atoms with van der Waals surface area (Å²) in [6, 6.07) is 9.82. The van der Waals surface area contributed by atoms with Crippen LogP contribution >= 0.6 is 0 Å². The summed E-state index contributed by atoms with van der Waals surface area (Å²) < 4.78 is 5.32. The van der Waals surface area contributed by atoms with Crippen molar-refractivity contribution in [2.24, 2.45) is 5.92 Å². The second kappa shape index (κ2) is 7.99. The fraction of sp³-hybridized carbons (Fsp3) is 0.455. The Balaban J connectivity index is 1.75. The molecule has 1 N–H and O–H groups in total. The van der Waals surface area contributed by atoms with Crippen LogP contribution in [0.5, 0.6) is 0 Å². The second-order valence-corrected chi connectivity index (χ2v) is 7.86. The lowest BCUT2D eigenvalue weighted by Gasteiger charge is -2.21. The van der Waals surface area contributed by atoms with E-state index in [9.17, 15) is 9.59 Å². The molecule has 0 radical (unpaired) electrons. The molecule has 0 saturated carbocycles. The molecule has 1 aromatic heterocycles. The Bertz CT molecular complexity index is 783. The maximum atomic E-state index is 12.9. The van der Waals surface area contributed by atoms with E-state index in [1.54, 1.807) is 17.2 Å². The first-order valence-electron chi connectivity index (χ1n) is 9.60. The van der Waals surface area contributed by atoms with Gasteiger partial charge in [0.15, 0.2) is 0 Å². The number of furan rings is 1. The van der Waals surface area contributed by atoms with Gasteiger partial charge in [-0.15, -0.1) is 0 Å². The topological polar surface area (TPSA) is 62.6 Å². The van der Waals surface area contributed by atoms with Crippen LogP contribution in [0.3, 0.4) is 0 Å². The third-order valence-corrected chi connectivity index (χ3v) is 5.13. The summed E-state index contributed by atoms with van der Waals surface area (Å²) in [7, 11) is 0. The van der Waals surface area contributed by atoms with Crippen molar-refractivity contribution >= 4 is 17.5 Å². The largest absolute Gasteiger partial charge is 0.467 e. The maximum absolute atomic E-state index is 12.9. The van der Waals surface area contributed by atoms with Crippen molar-refractivity contribution in [2.45, 2.75) is 52.5 Å². The highest BCUT2D eigenvalue weighted by atomic mass is 16.3. The molecule has 1 atom stereocenters. The van der Waals surface area contributed by atoms with E-state index >= 15 is 0 Å². The summed E-state index contributed by atoms with van der Waals surface area (Å²) in [5.74, 6) is 0.914. The van der Waals surface area contributed by atoms with Gasteiger partial charge < -0.3 is 14.6 Å². The van der Waals surface area contributed by atoms with Gasteiger partial charge in [-0.3, -0.25) is 9.59 Å². The van der Waals surface area contributed by atoms with E-state index in [0.717, 1.165) is 22.6 Å². The summed E-state index contributed by atoms with van der Waals surface area (Å²) in [6.07, 6.45) is 1.84. The number of anilines is 1. The SMILES string of the molecule is CC(C)c1cccc(C(C)C)c1NC(=O)C1CC(=O)N(Cc2ccco2)C1. The number of nitrogens with zero attached hydrogens (tertiary/aromatic N) is 1. The van der Waals surface area contributed by atoms with Gasteiger partial charge >= 0.3 is 0 Å². The normalized spacial score (nSPS) is 17.2. The molecule has 5 heteroatoms. The molecule has 2 heterocycles. The molecular weight excluding hydrogens is 340 g/mol. The molecule has 0 spiro atoms. The quantitative estimate of drug-likeness (QED) is 0.816. The molecule has 27 heavy (non-hydrogen) atoms. The van der Waals surface area contributed by atoms with Crippen molar-refractivity contribution in [1.29, 1.82) is 0 Å². The Hall–Kier alpha value is -2.56. The highest BCUT2D eigenvalue weighted by molar-refractivity contribution is 5.98. The lowest BCUT2D eigenvalue weighted by atomic mass is 9.92. The molecule has 0 aliphatic carbocycles.